The lowest BCUT2D eigenvalue weighted by molar-refractivity contribution is 0.139. The lowest BCUT2D eigenvalue weighted by Crippen LogP contribution is -2.60. The molecule has 3 aromatic heterocycles. The van der Waals surface area contributed by atoms with Crippen LogP contribution in [0.1, 0.15) is 30.7 Å². The van der Waals surface area contributed by atoms with Gasteiger partial charge in [0.25, 0.3) is 0 Å². The van der Waals surface area contributed by atoms with E-state index in [1.807, 2.05) is 48.8 Å². The molecule has 0 saturated carbocycles. The Labute approximate surface area is 186 Å². The molecule has 2 saturated heterocycles. The fraction of sp³-hybridized carbons (Fsp3) is 0.400. The third-order valence-corrected chi connectivity index (χ3v) is 6.86. The fourth-order valence-electron chi connectivity index (χ4n) is 5.09. The maximum Gasteiger partial charge on any atom is 0.345 e. The number of aryl methyl sites for hydroxylation is 2. The monoisotopic (exact) mass is 429 g/mol. The maximum absolute atomic E-state index is 12.8. The molecule has 1 aromatic carbocycles. The maximum atomic E-state index is 12.8. The van der Waals surface area contributed by atoms with Crippen LogP contribution in [-0.4, -0.2) is 51.5 Å². The van der Waals surface area contributed by atoms with Crippen molar-refractivity contribution in [3.8, 4) is 11.3 Å². The van der Waals surface area contributed by atoms with Crippen molar-refractivity contribution in [1.29, 1.82) is 0 Å². The Hall–Kier alpha value is -3.19. The molecule has 7 heteroatoms. The lowest BCUT2D eigenvalue weighted by Gasteiger charge is -2.47. The highest BCUT2D eigenvalue weighted by atomic mass is 16.4. The van der Waals surface area contributed by atoms with E-state index >= 15 is 0 Å². The third-order valence-electron chi connectivity index (χ3n) is 6.86. The molecule has 2 aliphatic heterocycles. The lowest BCUT2D eigenvalue weighted by atomic mass is 10.0. The van der Waals surface area contributed by atoms with Gasteiger partial charge >= 0.3 is 5.63 Å². The van der Waals surface area contributed by atoms with Crippen LogP contribution in [0.25, 0.3) is 27.9 Å². The molecule has 4 aromatic rings. The summed E-state index contributed by atoms with van der Waals surface area (Å²) < 4.78 is 7.66. The summed E-state index contributed by atoms with van der Waals surface area (Å²) in [7, 11) is 0. The van der Waals surface area contributed by atoms with Crippen molar-refractivity contribution in [1.82, 2.24) is 19.3 Å². The van der Waals surface area contributed by atoms with Crippen LogP contribution < -0.4 is 10.5 Å². The predicted molar refractivity (Wildman–Crippen MR) is 125 cm³/mol. The molecule has 164 valence electrons. The van der Waals surface area contributed by atoms with Crippen molar-refractivity contribution in [2.45, 2.75) is 39.2 Å². The van der Waals surface area contributed by atoms with Gasteiger partial charge in [-0.3, -0.25) is 9.88 Å². The zero-order valence-corrected chi connectivity index (χ0v) is 18.5. The topological polar surface area (TPSA) is 66.9 Å². The van der Waals surface area contributed by atoms with Crippen molar-refractivity contribution >= 4 is 22.3 Å². The number of rotatable bonds is 3. The summed E-state index contributed by atoms with van der Waals surface area (Å²) in [5.74, 6) is 0. The summed E-state index contributed by atoms with van der Waals surface area (Å²) in [6.45, 7) is 8.41. The van der Waals surface area contributed by atoms with E-state index in [2.05, 4.69) is 25.8 Å². The van der Waals surface area contributed by atoms with E-state index in [0.717, 1.165) is 41.2 Å². The molecule has 0 radical (unpaired) electrons. The molecular formula is C25H27N5O2. The quantitative estimate of drug-likeness (QED) is 0.462. The highest BCUT2D eigenvalue weighted by Crippen LogP contribution is 2.29. The first-order valence-corrected chi connectivity index (χ1v) is 11.5. The minimum absolute atomic E-state index is 0.366. The third kappa shape index (κ3) is 3.28. The zero-order chi connectivity index (χ0) is 21.8. The van der Waals surface area contributed by atoms with Crippen molar-refractivity contribution < 1.29 is 4.42 Å². The first-order valence-electron chi connectivity index (χ1n) is 11.5. The van der Waals surface area contributed by atoms with Crippen molar-refractivity contribution in [3.63, 3.8) is 0 Å². The van der Waals surface area contributed by atoms with Crippen LogP contribution in [0.5, 0.6) is 0 Å². The highest BCUT2D eigenvalue weighted by Gasteiger charge is 2.32. The Morgan fingerprint density at radius 1 is 1.00 bits per heavy atom. The molecule has 0 unspecified atom stereocenters. The molecule has 0 bridgehead atoms. The smallest absolute Gasteiger partial charge is 0.345 e. The summed E-state index contributed by atoms with van der Waals surface area (Å²) in [5, 5.41) is 0.902. The molecule has 0 spiro atoms. The van der Waals surface area contributed by atoms with Gasteiger partial charge in [-0.1, -0.05) is 6.42 Å². The summed E-state index contributed by atoms with van der Waals surface area (Å²) in [5.41, 5.74) is 4.94. The molecule has 32 heavy (non-hydrogen) atoms. The molecule has 2 aliphatic rings. The Morgan fingerprint density at radius 3 is 2.62 bits per heavy atom. The van der Waals surface area contributed by atoms with Crippen LogP contribution >= 0.6 is 0 Å². The van der Waals surface area contributed by atoms with Gasteiger partial charge in [0.05, 0.1) is 22.6 Å². The Balaban J connectivity index is 1.28. The number of anilines is 1. The second-order valence-electron chi connectivity index (χ2n) is 9.15. The Bertz CT molecular complexity index is 1380. The Morgan fingerprint density at radius 2 is 1.81 bits per heavy atom. The number of nitrogens with zero attached hydrogens (tertiary/aromatic N) is 5. The standard InChI is InChI=1S/C25H27N5O2/c1-16-12-30-15-22(27-24(30)17(2)26-16)21-10-18-6-7-19(11-23(18)32-25(21)31)29-13-20(14-29)28-8-4-3-5-9-28/h6-7,10-12,15,20H,3-5,8-9,13-14H2,1-2H3. The normalized spacial score (nSPS) is 17.9. The Kier molecular flexibility index (Phi) is 4.54. The minimum Gasteiger partial charge on any atom is -0.422 e. The number of imidazole rings is 1. The largest absolute Gasteiger partial charge is 0.422 e. The number of hydrogen-bond acceptors (Lipinski definition) is 6. The second-order valence-corrected chi connectivity index (χ2v) is 9.15. The van der Waals surface area contributed by atoms with E-state index in [0.29, 0.717) is 22.9 Å². The van der Waals surface area contributed by atoms with Gasteiger partial charge in [-0.2, -0.15) is 0 Å². The number of benzene rings is 1. The first kappa shape index (κ1) is 19.5. The van der Waals surface area contributed by atoms with Gasteiger partial charge in [0.15, 0.2) is 5.65 Å². The molecule has 0 atom stereocenters. The average molecular weight is 430 g/mol. The van der Waals surface area contributed by atoms with Gasteiger partial charge in [0.2, 0.25) is 0 Å². The van der Waals surface area contributed by atoms with E-state index in [-0.39, 0.29) is 5.63 Å². The van der Waals surface area contributed by atoms with E-state index in [1.165, 1.54) is 32.4 Å². The van der Waals surface area contributed by atoms with Crippen LogP contribution in [0.3, 0.4) is 0 Å². The molecule has 2 fully saturated rings. The summed E-state index contributed by atoms with van der Waals surface area (Å²) >= 11 is 0. The molecular weight excluding hydrogens is 402 g/mol. The summed E-state index contributed by atoms with van der Waals surface area (Å²) in [4.78, 5) is 26.9. The van der Waals surface area contributed by atoms with Crippen molar-refractivity contribution in [3.05, 3.63) is 58.5 Å². The van der Waals surface area contributed by atoms with Crippen LogP contribution in [0.4, 0.5) is 5.69 Å². The van der Waals surface area contributed by atoms with E-state index in [1.54, 1.807) is 0 Å². The van der Waals surface area contributed by atoms with Gasteiger partial charge in [-0.05, 0) is 58.0 Å². The first-order chi connectivity index (χ1) is 15.5. The number of fused-ring (bicyclic) bond motifs is 2. The van der Waals surface area contributed by atoms with Crippen LogP contribution in [-0.2, 0) is 0 Å². The molecule has 7 nitrogen and oxygen atoms in total. The van der Waals surface area contributed by atoms with E-state index in [9.17, 15) is 4.79 Å². The highest BCUT2D eigenvalue weighted by molar-refractivity contribution is 5.84. The number of hydrogen-bond donors (Lipinski definition) is 0. The van der Waals surface area contributed by atoms with E-state index in [4.69, 9.17) is 4.42 Å². The second kappa shape index (κ2) is 7.45. The SMILES string of the molecule is Cc1cn2cc(-c3cc4ccc(N5CC(N6CCCCC6)C5)cc4oc3=O)nc2c(C)n1. The van der Waals surface area contributed by atoms with Gasteiger partial charge < -0.3 is 13.7 Å². The van der Waals surface area contributed by atoms with Crippen molar-refractivity contribution in [2.24, 2.45) is 0 Å². The van der Waals surface area contributed by atoms with Gasteiger partial charge in [0, 0.05) is 48.7 Å². The average Bonchev–Trinajstić information content (AvgIpc) is 3.17. The van der Waals surface area contributed by atoms with Gasteiger partial charge in [-0.15, -0.1) is 0 Å². The molecule has 0 amide bonds. The van der Waals surface area contributed by atoms with Crippen LogP contribution in [0.15, 0.2) is 45.9 Å². The van der Waals surface area contributed by atoms with Gasteiger partial charge in [0.1, 0.15) is 5.58 Å². The molecule has 5 heterocycles. The van der Waals surface area contributed by atoms with Crippen LogP contribution in [0, 0.1) is 13.8 Å². The molecule has 0 N–H and O–H groups in total. The molecule has 6 rings (SSSR count). The summed E-state index contributed by atoms with van der Waals surface area (Å²) in [6, 6.07) is 8.69. The zero-order valence-electron chi connectivity index (χ0n) is 18.5. The van der Waals surface area contributed by atoms with E-state index < -0.39 is 0 Å². The fourth-order valence-corrected chi connectivity index (χ4v) is 5.09. The number of aromatic nitrogens is 3. The number of likely N-dealkylation sites (tertiary alicyclic amines) is 1. The summed E-state index contributed by atoms with van der Waals surface area (Å²) in [6.07, 6.45) is 7.79. The van der Waals surface area contributed by atoms with Crippen LogP contribution in [0.2, 0.25) is 0 Å². The number of piperidine rings is 1. The predicted octanol–water partition coefficient (Wildman–Crippen LogP) is 3.79. The van der Waals surface area contributed by atoms with Crippen molar-refractivity contribution in [2.75, 3.05) is 31.1 Å². The molecule has 0 aliphatic carbocycles. The minimum atomic E-state index is -0.366. The van der Waals surface area contributed by atoms with Gasteiger partial charge in [-0.25, -0.2) is 9.78 Å².